The second kappa shape index (κ2) is 3.21. The van der Waals surface area contributed by atoms with Crippen LogP contribution in [0.1, 0.15) is 5.69 Å². The Labute approximate surface area is 87.4 Å². The molecule has 0 spiro atoms. The number of para-hydroxylation sites is 1. The molecule has 1 aromatic heterocycles. The molecule has 1 aromatic carbocycles. The highest BCUT2D eigenvalue weighted by molar-refractivity contribution is 7.98. The van der Waals surface area contributed by atoms with Gasteiger partial charge in [-0.3, -0.25) is 0 Å². The number of rotatable bonds is 0. The minimum absolute atomic E-state index is 1.11. The van der Waals surface area contributed by atoms with Gasteiger partial charge in [0.1, 0.15) is 0 Å². The van der Waals surface area contributed by atoms with Crippen LogP contribution in [0.25, 0.3) is 17.1 Å². The van der Waals surface area contributed by atoms with E-state index in [-0.39, 0.29) is 0 Å². The van der Waals surface area contributed by atoms with Gasteiger partial charge in [0.2, 0.25) is 0 Å². The Morgan fingerprint density at radius 1 is 1.21 bits per heavy atom. The summed E-state index contributed by atoms with van der Waals surface area (Å²) in [5.41, 5.74) is 2.73. The Bertz CT molecular complexity index is 496. The molecular formula is C12H11NS. The normalized spacial score (nSPS) is 15.4. The van der Waals surface area contributed by atoms with Gasteiger partial charge in [-0.25, -0.2) is 0 Å². The summed E-state index contributed by atoms with van der Waals surface area (Å²) in [6.07, 6.45) is 4.42. The molecule has 1 aliphatic rings. The van der Waals surface area contributed by atoms with E-state index in [2.05, 4.69) is 47.2 Å². The summed E-state index contributed by atoms with van der Waals surface area (Å²) in [4.78, 5) is 0. The lowest BCUT2D eigenvalue weighted by Crippen LogP contribution is -1.89. The molecule has 2 heterocycles. The summed E-state index contributed by atoms with van der Waals surface area (Å²) >= 11 is 1.97. The lowest BCUT2D eigenvalue weighted by molar-refractivity contribution is 1.11. The molecule has 70 valence electrons. The average molecular weight is 201 g/mol. The van der Waals surface area contributed by atoms with Crippen molar-refractivity contribution in [3.63, 3.8) is 0 Å². The summed E-state index contributed by atoms with van der Waals surface area (Å²) in [7, 11) is 0. The van der Waals surface area contributed by atoms with Gasteiger partial charge in [-0.15, -0.1) is 0 Å². The maximum Gasteiger partial charge on any atom is 0.0525 e. The molecule has 0 fully saturated rings. The zero-order valence-corrected chi connectivity index (χ0v) is 8.63. The van der Waals surface area contributed by atoms with Gasteiger partial charge in [0.15, 0.2) is 0 Å². The molecule has 2 heteroatoms. The Morgan fingerprint density at radius 2 is 2.14 bits per heavy atom. The molecule has 1 nitrogen and oxygen atoms in total. The largest absolute Gasteiger partial charge is 0.320 e. The second-order valence-electron chi connectivity index (χ2n) is 3.46. The van der Waals surface area contributed by atoms with Gasteiger partial charge >= 0.3 is 0 Å². The Kier molecular flexibility index (Phi) is 1.88. The summed E-state index contributed by atoms with van der Waals surface area (Å²) in [6, 6.07) is 10.8. The zero-order chi connectivity index (χ0) is 9.38. The SMILES string of the molecule is C1=Cn2c(cc3ccccc32)CSC1. The fourth-order valence-corrected chi connectivity index (χ4v) is 2.67. The Morgan fingerprint density at radius 3 is 3.14 bits per heavy atom. The second-order valence-corrected chi connectivity index (χ2v) is 4.49. The van der Waals surface area contributed by atoms with Crippen molar-refractivity contribution in [3.05, 3.63) is 42.1 Å². The van der Waals surface area contributed by atoms with Crippen LogP contribution in [0.4, 0.5) is 0 Å². The van der Waals surface area contributed by atoms with Crippen molar-refractivity contribution in [2.45, 2.75) is 5.75 Å². The molecule has 0 aliphatic carbocycles. The Hall–Kier alpha value is -1.15. The van der Waals surface area contributed by atoms with Gasteiger partial charge in [0.25, 0.3) is 0 Å². The van der Waals surface area contributed by atoms with Crippen LogP contribution in [0, 0.1) is 0 Å². The molecule has 1 aliphatic heterocycles. The van der Waals surface area contributed by atoms with Crippen molar-refractivity contribution in [2.75, 3.05) is 5.75 Å². The third-order valence-electron chi connectivity index (χ3n) is 2.55. The maximum atomic E-state index is 2.30. The van der Waals surface area contributed by atoms with Crippen LogP contribution in [0.3, 0.4) is 0 Å². The molecule has 0 radical (unpaired) electrons. The highest BCUT2D eigenvalue weighted by atomic mass is 32.2. The average Bonchev–Trinajstić information content (AvgIpc) is 2.42. The maximum absolute atomic E-state index is 2.30. The van der Waals surface area contributed by atoms with Gasteiger partial charge in [0.05, 0.1) is 5.52 Å². The smallest absolute Gasteiger partial charge is 0.0525 e. The van der Waals surface area contributed by atoms with E-state index in [4.69, 9.17) is 0 Å². The first-order chi connectivity index (χ1) is 6.95. The predicted molar refractivity (Wildman–Crippen MR) is 63.4 cm³/mol. The minimum atomic E-state index is 1.11. The lowest BCUT2D eigenvalue weighted by Gasteiger charge is -2.00. The van der Waals surface area contributed by atoms with E-state index in [1.807, 2.05) is 11.8 Å². The van der Waals surface area contributed by atoms with Crippen LogP contribution >= 0.6 is 11.8 Å². The molecule has 3 rings (SSSR count). The van der Waals surface area contributed by atoms with Crippen LogP contribution in [0.5, 0.6) is 0 Å². The van der Waals surface area contributed by atoms with Crippen LogP contribution in [-0.2, 0) is 5.75 Å². The van der Waals surface area contributed by atoms with Gasteiger partial charge in [-0.2, -0.15) is 11.8 Å². The highest BCUT2D eigenvalue weighted by Gasteiger charge is 2.07. The van der Waals surface area contributed by atoms with E-state index < -0.39 is 0 Å². The fraction of sp³-hybridized carbons (Fsp3) is 0.167. The standard InChI is InChI=1S/C12H11NS/c1-2-5-12-10(4-1)8-11-9-14-7-3-6-13(11)12/h1-6,8H,7,9H2. The van der Waals surface area contributed by atoms with Gasteiger partial charge in [-0.1, -0.05) is 24.3 Å². The number of benzene rings is 1. The van der Waals surface area contributed by atoms with E-state index in [9.17, 15) is 0 Å². The number of aromatic nitrogens is 1. The third kappa shape index (κ3) is 1.18. The van der Waals surface area contributed by atoms with Crippen molar-refractivity contribution >= 4 is 28.9 Å². The zero-order valence-electron chi connectivity index (χ0n) is 7.81. The monoisotopic (exact) mass is 201 g/mol. The van der Waals surface area contributed by atoms with Gasteiger partial charge in [-0.05, 0) is 12.1 Å². The topological polar surface area (TPSA) is 4.93 Å². The van der Waals surface area contributed by atoms with Crippen molar-refractivity contribution in [2.24, 2.45) is 0 Å². The number of nitrogens with zero attached hydrogens (tertiary/aromatic N) is 1. The van der Waals surface area contributed by atoms with Crippen molar-refractivity contribution in [1.82, 2.24) is 4.57 Å². The number of hydrogen-bond donors (Lipinski definition) is 0. The third-order valence-corrected chi connectivity index (χ3v) is 3.47. The first-order valence-electron chi connectivity index (χ1n) is 4.78. The highest BCUT2D eigenvalue weighted by Crippen LogP contribution is 2.25. The van der Waals surface area contributed by atoms with E-state index in [1.54, 1.807) is 0 Å². The fourth-order valence-electron chi connectivity index (χ4n) is 1.90. The van der Waals surface area contributed by atoms with E-state index in [0.29, 0.717) is 0 Å². The summed E-state index contributed by atoms with van der Waals surface area (Å²) in [5, 5.41) is 1.34. The molecule has 0 saturated carbocycles. The lowest BCUT2D eigenvalue weighted by atomic mass is 10.2. The van der Waals surface area contributed by atoms with Crippen molar-refractivity contribution < 1.29 is 0 Å². The quantitative estimate of drug-likeness (QED) is 0.632. The van der Waals surface area contributed by atoms with E-state index in [1.165, 1.54) is 16.6 Å². The molecule has 14 heavy (non-hydrogen) atoms. The summed E-state index contributed by atoms with van der Waals surface area (Å²) in [6.45, 7) is 0. The van der Waals surface area contributed by atoms with Crippen LogP contribution in [0.2, 0.25) is 0 Å². The van der Waals surface area contributed by atoms with Crippen molar-refractivity contribution in [1.29, 1.82) is 0 Å². The number of hydrogen-bond acceptors (Lipinski definition) is 1. The molecular weight excluding hydrogens is 190 g/mol. The minimum Gasteiger partial charge on any atom is -0.320 e. The molecule has 0 amide bonds. The van der Waals surface area contributed by atoms with Crippen LogP contribution in [0.15, 0.2) is 36.4 Å². The predicted octanol–water partition coefficient (Wildman–Crippen LogP) is 3.36. The molecule has 0 saturated heterocycles. The van der Waals surface area contributed by atoms with Crippen LogP contribution < -0.4 is 0 Å². The van der Waals surface area contributed by atoms with Gasteiger partial charge in [0, 0.05) is 28.8 Å². The van der Waals surface area contributed by atoms with E-state index in [0.717, 1.165) is 11.5 Å². The van der Waals surface area contributed by atoms with Gasteiger partial charge < -0.3 is 4.57 Å². The van der Waals surface area contributed by atoms with Crippen LogP contribution in [-0.4, -0.2) is 10.3 Å². The van der Waals surface area contributed by atoms with Crippen molar-refractivity contribution in [3.8, 4) is 0 Å². The number of thioether (sulfide) groups is 1. The number of fused-ring (bicyclic) bond motifs is 3. The molecule has 2 aromatic rings. The van der Waals surface area contributed by atoms with E-state index >= 15 is 0 Å². The first kappa shape index (κ1) is 8.18. The summed E-state index contributed by atoms with van der Waals surface area (Å²) in [5.74, 6) is 2.23. The summed E-state index contributed by atoms with van der Waals surface area (Å²) < 4.78 is 2.30. The molecule has 0 N–H and O–H groups in total. The first-order valence-corrected chi connectivity index (χ1v) is 5.94. The molecule has 0 bridgehead atoms. The molecule has 0 unspecified atom stereocenters. The Balaban J connectivity index is 2.34. The molecule has 0 atom stereocenters.